The van der Waals surface area contributed by atoms with E-state index in [1.54, 1.807) is 12.1 Å². The molecule has 38 heavy (non-hydrogen) atoms. The lowest BCUT2D eigenvalue weighted by Gasteiger charge is -2.34. The molecule has 0 aromatic heterocycles. The predicted molar refractivity (Wildman–Crippen MR) is 155 cm³/mol. The Kier molecular flexibility index (Phi) is 10.1. The number of aryl methyl sites for hydroxylation is 1. The normalized spacial score (nSPS) is 12.0. The Labute approximate surface area is 234 Å². The number of rotatable bonds is 11. The SMILES string of the molecule is CCNC(=O)[C@@H](Cc1ccccc1)N(Cc1cccc(Br)c1)C(=O)CN(c1cccc(C)c1C)S(C)(=O)=O. The zero-order valence-electron chi connectivity index (χ0n) is 22.1. The summed E-state index contributed by atoms with van der Waals surface area (Å²) >= 11 is 3.48. The number of hydrogen-bond acceptors (Lipinski definition) is 4. The van der Waals surface area contributed by atoms with Crippen molar-refractivity contribution in [1.29, 1.82) is 0 Å². The summed E-state index contributed by atoms with van der Waals surface area (Å²) in [5.41, 5.74) is 3.84. The van der Waals surface area contributed by atoms with Crippen molar-refractivity contribution in [3.8, 4) is 0 Å². The molecule has 0 aliphatic heterocycles. The number of nitrogens with zero attached hydrogens (tertiary/aromatic N) is 2. The predicted octanol–water partition coefficient (Wildman–Crippen LogP) is 4.61. The van der Waals surface area contributed by atoms with Crippen molar-refractivity contribution >= 4 is 43.5 Å². The van der Waals surface area contributed by atoms with Gasteiger partial charge in [-0.15, -0.1) is 0 Å². The Morgan fingerprint density at radius 1 is 0.947 bits per heavy atom. The number of halogens is 1. The molecule has 0 radical (unpaired) electrons. The van der Waals surface area contributed by atoms with Gasteiger partial charge < -0.3 is 10.2 Å². The Morgan fingerprint density at radius 2 is 1.61 bits per heavy atom. The van der Waals surface area contributed by atoms with Crippen LogP contribution in [0.25, 0.3) is 0 Å². The van der Waals surface area contributed by atoms with Gasteiger partial charge in [0.1, 0.15) is 12.6 Å². The summed E-state index contributed by atoms with van der Waals surface area (Å²) in [6.07, 6.45) is 1.38. The van der Waals surface area contributed by atoms with E-state index in [1.807, 2.05) is 81.4 Å². The first kappa shape index (κ1) is 29.4. The third-order valence-electron chi connectivity index (χ3n) is 6.39. The minimum Gasteiger partial charge on any atom is -0.355 e. The van der Waals surface area contributed by atoms with Crippen molar-refractivity contribution in [3.05, 3.63) is 99.5 Å². The standard InChI is InChI=1S/C29H34BrN3O4S/c1-5-31-29(35)27(18-23-12-7-6-8-13-23)32(19-24-14-10-15-25(30)17-24)28(34)20-33(38(4,36)37)26-16-9-11-21(2)22(26)3/h6-17,27H,5,18-20H2,1-4H3,(H,31,35)/t27-/m1/s1. The zero-order valence-corrected chi connectivity index (χ0v) is 24.6. The Morgan fingerprint density at radius 3 is 2.24 bits per heavy atom. The Bertz CT molecular complexity index is 1380. The molecule has 0 aliphatic rings. The van der Waals surface area contributed by atoms with Crippen molar-refractivity contribution < 1.29 is 18.0 Å². The zero-order chi connectivity index (χ0) is 27.9. The van der Waals surface area contributed by atoms with E-state index < -0.39 is 28.5 Å². The maximum absolute atomic E-state index is 14.0. The van der Waals surface area contributed by atoms with Gasteiger partial charge in [-0.2, -0.15) is 0 Å². The third-order valence-corrected chi connectivity index (χ3v) is 8.01. The van der Waals surface area contributed by atoms with Gasteiger partial charge in [0, 0.05) is 24.0 Å². The average Bonchev–Trinajstić information content (AvgIpc) is 2.86. The van der Waals surface area contributed by atoms with E-state index in [0.29, 0.717) is 12.2 Å². The van der Waals surface area contributed by atoms with E-state index in [4.69, 9.17) is 0 Å². The van der Waals surface area contributed by atoms with Crippen molar-refractivity contribution in [2.24, 2.45) is 0 Å². The molecule has 3 aromatic carbocycles. The summed E-state index contributed by atoms with van der Waals surface area (Å²) in [6.45, 7) is 5.66. The molecular weight excluding hydrogens is 566 g/mol. The number of nitrogens with one attached hydrogen (secondary N) is 1. The van der Waals surface area contributed by atoms with E-state index in [1.165, 1.54) is 4.90 Å². The van der Waals surface area contributed by atoms with E-state index in [2.05, 4.69) is 21.2 Å². The van der Waals surface area contributed by atoms with Crippen molar-refractivity contribution in [2.75, 3.05) is 23.7 Å². The second-order valence-electron chi connectivity index (χ2n) is 9.24. The first-order valence-electron chi connectivity index (χ1n) is 12.4. The van der Waals surface area contributed by atoms with Gasteiger partial charge >= 0.3 is 0 Å². The fraction of sp³-hybridized carbons (Fsp3) is 0.310. The molecule has 7 nitrogen and oxygen atoms in total. The van der Waals surface area contributed by atoms with Crippen LogP contribution in [0.1, 0.15) is 29.2 Å². The molecule has 0 saturated carbocycles. The number of sulfonamides is 1. The van der Waals surface area contributed by atoms with Crippen LogP contribution in [-0.4, -0.2) is 50.5 Å². The van der Waals surface area contributed by atoms with Crippen LogP contribution in [0.4, 0.5) is 5.69 Å². The van der Waals surface area contributed by atoms with Gasteiger partial charge in [-0.05, 0) is 61.2 Å². The van der Waals surface area contributed by atoms with Gasteiger partial charge in [0.15, 0.2) is 0 Å². The lowest BCUT2D eigenvalue weighted by molar-refractivity contribution is -0.140. The highest BCUT2D eigenvalue weighted by Gasteiger charge is 2.33. The quantitative estimate of drug-likeness (QED) is 0.349. The van der Waals surface area contributed by atoms with E-state index in [0.717, 1.165) is 37.3 Å². The summed E-state index contributed by atoms with van der Waals surface area (Å²) < 4.78 is 27.8. The molecule has 202 valence electrons. The minimum absolute atomic E-state index is 0.136. The van der Waals surface area contributed by atoms with Crippen LogP contribution in [0.5, 0.6) is 0 Å². The van der Waals surface area contributed by atoms with Crippen LogP contribution in [0.3, 0.4) is 0 Å². The molecule has 0 saturated heterocycles. The number of anilines is 1. The number of hydrogen-bond donors (Lipinski definition) is 1. The molecule has 3 rings (SSSR count). The van der Waals surface area contributed by atoms with Crippen LogP contribution in [0.15, 0.2) is 77.3 Å². The fourth-order valence-corrected chi connectivity index (χ4v) is 5.63. The Balaban J connectivity index is 2.07. The third kappa shape index (κ3) is 7.68. The summed E-state index contributed by atoms with van der Waals surface area (Å²) in [4.78, 5) is 28.9. The smallest absolute Gasteiger partial charge is 0.244 e. The molecule has 0 unspecified atom stereocenters. The van der Waals surface area contributed by atoms with Gasteiger partial charge in [-0.1, -0.05) is 70.5 Å². The Hall–Kier alpha value is -3.17. The second-order valence-corrected chi connectivity index (χ2v) is 12.1. The van der Waals surface area contributed by atoms with E-state index >= 15 is 0 Å². The monoisotopic (exact) mass is 599 g/mol. The number of benzene rings is 3. The molecule has 2 amide bonds. The first-order chi connectivity index (χ1) is 18.0. The number of likely N-dealkylation sites (N-methyl/N-ethyl adjacent to an activating group) is 1. The molecule has 0 aliphatic carbocycles. The number of carbonyl (C=O) groups excluding carboxylic acids is 2. The highest BCUT2D eigenvalue weighted by Crippen LogP contribution is 2.26. The molecule has 0 bridgehead atoms. The summed E-state index contributed by atoms with van der Waals surface area (Å²) in [5.74, 6) is -0.763. The minimum atomic E-state index is -3.80. The van der Waals surface area contributed by atoms with Crippen LogP contribution in [0.2, 0.25) is 0 Å². The lowest BCUT2D eigenvalue weighted by Crippen LogP contribution is -2.53. The van der Waals surface area contributed by atoms with Crippen LogP contribution in [-0.2, 0) is 32.6 Å². The first-order valence-corrected chi connectivity index (χ1v) is 15.0. The van der Waals surface area contributed by atoms with E-state index in [9.17, 15) is 18.0 Å². The molecule has 1 atom stereocenters. The summed E-state index contributed by atoms with van der Waals surface area (Å²) in [7, 11) is -3.80. The van der Waals surface area contributed by atoms with Gasteiger partial charge in [0.25, 0.3) is 0 Å². The fourth-order valence-electron chi connectivity index (χ4n) is 4.28. The van der Waals surface area contributed by atoms with Gasteiger partial charge in [0.2, 0.25) is 21.8 Å². The maximum atomic E-state index is 14.0. The van der Waals surface area contributed by atoms with Crippen molar-refractivity contribution in [1.82, 2.24) is 10.2 Å². The van der Waals surface area contributed by atoms with Gasteiger partial charge in [-0.25, -0.2) is 8.42 Å². The summed E-state index contributed by atoms with van der Waals surface area (Å²) in [5, 5.41) is 2.86. The molecule has 0 spiro atoms. The van der Waals surface area contributed by atoms with Gasteiger partial charge in [-0.3, -0.25) is 13.9 Å². The highest BCUT2D eigenvalue weighted by molar-refractivity contribution is 9.10. The van der Waals surface area contributed by atoms with Crippen LogP contribution < -0.4 is 9.62 Å². The number of amides is 2. The molecule has 9 heteroatoms. The number of carbonyl (C=O) groups is 2. The second kappa shape index (κ2) is 13.1. The molecule has 1 N–H and O–H groups in total. The average molecular weight is 601 g/mol. The molecule has 3 aromatic rings. The maximum Gasteiger partial charge on any atom is 0.244 e. The van der Waals surface area contributed by atoms with Crippen molar-refractivity contribution in [2.45, 2.75) is 39.8 Å². The summed E-state index contributed by atoms with van der Waals surface area (Å²) in [6, 6.07) is 21.5. The van der Waals surface area contributed by atoms with Crippen LogP contribution in [0, 0.1) is 13.8 Å². The van der Waals surface area contributed by atoms with Crippen molar-refractivity contribution in [3.63, 3.8) is 0 Å². The highest BCUT2D eigenvalue weighted by atomic mass is 79.9. The largest absolute Gasteiger partial charge is 0.355 e. The van der Waals surface area contributed by atoms with Crippen LogP contribution >= 0.6 is 15.9 Å². The topological polar surface area (TPSA) is 86.8 Å². The van der Waals surface area contributed by atoms with Gasteiger partial charge in [0.05, 0.1) is 11.9 Å². The molecule has 0 fully saturated rings. The van der Waals surface area contributed by atoms with E-state index in [-0.39, 0.29) is 18.9 Å². The molecule has 0 heterocycles. The lowest BCUT2D eigenvalue weighted by atomic mass is 10.0. The molecular formula is C29H34BrN3O4S.